The van der Waals surface area contributed by atoms with E-state index >= 15 is 0 Å². The minimum absolute atomic E-state index is 0.0397. The lowest BCUT2D eigenvalue weighted by atomic mass is 10.0. The number of aromatic nitrogens is 3. The van der Waals surface area contributed by atoms with E-state index in [4.69, 9.17) is 0 Å². The highest BCUT2D eigenvalue weighted by molar-refractivity contribution is 7.13. The van der Waals surface area contributed by atoms with E-state index in [0.717, 1.165) is 35.9 Å². The molecule has 2 aromatic carbocycles. The summed E-state index contributed by atoms with van der Waals surface area (Å²) < 4.78 is 5.85. The van der Waals surface area contributed by atoms with Crippen LogP contribution in [0.5, 0.6) is 0 Å². The molecule has 0 atom stereocenters. The average molecular weight is 404 g/mol. The van der Waals surface area contributed by atoms with Gasteiger partial charge in [-0.05, 0) is 30.6 Å². The summed E-state index contributed by atoms with van der Waals surface area (Å²) in [5.41, 5.74) is 3.15. The number of anilines is 1. The Balaban J connectivity index is 1.35. The lowest BCUT2D eigenvalue weighted by Gasteiger charge is -2.35. The van der Waals surface area contributed by atoms with Gasteiger partial charge in [-0.25, -0.2) is 0 Å². The number of aromatic amines is 1. The van der Waals surface area contributed by atoms with Crippen molar-refractivity contribution in [1.82, 2.24) is 19.5 Å². The van der Waals surface area contributed by atoms with Crippen LogP contribution in [0.1, 0.15) is 16.1 Å². The Hall–Kier alpha value is -3.19. The number of H-pyrrole nitrogens is 1. The van der Waals surface area contributed by atoms with Gasteiger partial charge in [-0.2, -0.15) is 9.47 Å². The maximum atomic E-state index is 13.3. The molecule has 29 heavy (non-hydrogen) atoms. The summed E-state index contributed by atoms with van der Waals surface area (Å²) in [6, 6.07) is 18.2. The zero-order valence-corrected chi connectivity index (χ0v) is 16.9. The number of piperazine rings is 1. The quantitative estimate of drug-likeness (QED) is 0.562. The maximum absolute atomic E-state index is 13.3. The molecule has 3 heterocycles. The summed E-state index contributed by atoms with van der Waals surface area (Å²) in [6.07, 6.45) is 0. The van der Waals surface area contributed by atoms with Crippen molar-refractivity contribution in [3.05, 3.63) is 65.9 Å². The van der Waals surface area contributed by atoms with Crippen molar-refractivity contribution in [3.63, 3.8) is 0 Å². The van der Waals surface area contributed by atoms with Gasteiger partial charge in [-0.1, -0.05) is 42.5 Å². The van der Waals surface area contributed by atoms with Crippen LogP contribution in [0, 0.1) is 6.92 Å². The first-order valence-electron chi connectivity index (χ1n) is 9.71. The fraction of sp³-hybridized carbons (Fsp3) is 0.227. The standard InChI is InChI=1S/C22H21N5OS/c1-15-19(20(24-23-15)16-7-3-2-4-8-16)22(28)27-13-11-26(12-14-27)21-17-9-5-6-10-18(17)29-25-21/h2-10H,11-14H2,1H3,(H,23,24). The smallest absolute Gasteiger partial charge is 0.258 e. The van der Waals surface area contributed by atoms with Crippen LogP contribution in [-0.2, 0) is 0 Å². The molecule has 0 spiro atoms. The number of amides is 1. The van der Waals surface area contributed by atoms with Crippen LogP contribution in [0.15, 0.2) is 54.6 Å². The normalized spacial score (nSPS) is 14.5. The zero-order chi connectivity index (χ0) is 19.8. The van der Waals surface area contributed by atoms with Crippen molar-refractivity contribution in [3.8, 4) is 11.3 Å². The van der Waals surface area contributed by atoms with Crippen molar-refractivity contribution < 1.29 is 4.79 Å². The summed E-state index contributed by atoms with van der Waals surface area (Å²) in [5, 5.41) is 8.58. The Morgan fingerprint density at radius 2 is 1.72 bits per heavy atom. The molecule has 4 aromatic rings. The molecule has 6 nitrogen and oxygen atoms in total. The van der Waals surface area contributed by atoms with Crippen molar-refractivity contribution in [1.29, 1.82) is 0 Å². The first-order chi connectivity index (χ1) is 14.2. The number of carbonyl (C=O) groups is 1. The number of rotatable bonds is 3. The van der Waals surface area contributed by atoms with Gasteiger partial charge in [0.25, 0.3) is 5.91 Å². The van der Waals surface area contributed by atoms with Crippen LogP contribution < -0.4 is 4.90 Å². The highest BCUT2D eigenvalue weighted by Crippen LogP contribution is 2.30. The van der Waals surface area contributed by atoms with Gasteiger partial charge in [0.05, 0.1) is 10.3 Å². The summed E-state index contributed by atoms with van der Waals surface area (Å²) in [6.45, 7) is 4.80. The predicted molar refractivity (Wildman–Crippen MR) is 116 cm³/mol. The molecule has 1 N–H and O–H groups in total. The van der Waals surface area contributed by atoms with E-state index < -0.39 is 0 Å². The number of benzene rings is 2. The van der Waals surface area contributed by atoms with E-state index in [1.165, 1.54) is 21.6 Å². The molecule has 1 saturated heterocycles. The lowest BCUT2D eigenvalue weighted by molar-refractivity contribution is 0.0747. The molecule has 2 aromatic heterocycles. The van der Waals surface area contributed by atoms with Crippen molar-refractivity contribution in [2.75, 3.05) is 31.1 Å². The molecule has 5 rings (SSSR count). The zero-order valence-electron chi connectivity index (χ0n) is 16.1. The van der Waals surface area contributed by atoms with Gasteiger partial charge in [-0.3, -0.25) is 9.89 Å². The van der Waals surface area contributed by atoms with Crippen LogP contribution in [0.4, 0.5) is 5.82 Å². The lowest BCUT2D eigenvalue weighted by Crippen LogP contribution is -2.49. The van der Waals surface area contributed by atoms with E-state index in [2.05, 4.69) is 31.6 Å². The molecule has 0 unspecified atom stereocenters. The molecule has 1 amide bonds. The minimum Gasteiger partial charge on any atom is -0.352 e. The first-order valence-corrected chi connectivity index (χ1v) is 10.5. The Bertz CT molecular complexity index is 1160. The Labute approximate surface area is 172 Å². The van der Waals surface area contributed by atoms with Crippen LogP contribution in [0.2, 0.25) is 0 Å². The molecular formula is C22H21N5OS. The third kappa shape index (κ3) is 3.17. The number of carbonyl (C=O) groups excluding carboxylic acids is 1. The number of nitrogens with zero attached hydrogens (tertiary/aromatic N) is 4. The number of aryl methyl sites for hydroxylation is 1. The molecule has 1 aliphatic heterocycles. The van der Waals surface area contributed by atoms with Crippen LogP contribution in [0.25, 0.3) is 21.3 Å². The fourth-order valence-corrected chi connectivity index (χ4v) is 4.67. The van der Waals surface area contributed by atoms with E-state index in [0.29, 0.717) is 18.7 Å². The van der Waals surface area contributed by atoms with Crippen LogP contribution in [0.3, 0.4) is 0 Å². The van der Waals surface area contributed by atoms with Crippen molar-refractivity contribution >= 4 is 33.3 Å². The molecule has 146 valence electrons. The summed E-state index contributed by atoms with van der Waals surface area (Å²) in [7, 11) is 0. The second kappa shape index (κ2) is 7.33. The van der Waals surface area contributed by atoms with Crippen molar-refractivity contribution in [2.45, 2.75) is 6.92 Å². The van der Waals surface area contributed by atoms with E-state index in [1.54, 1.807) is 0 Å². The summed E-state index contributed by atoms with van der Waals surface area (Å²) in [4.78, 5) is 17.5. The van der Waals surface area contributed by atoms with E-state index in [9.17, 15) is 4.79 Å². The SMILES string of the molecule is Cc1[nH]nc(-c2ccccc2)c1C(=O)N1CCN(c2nsc3ccccc23)CC1. The molecule has 1 aliphatic rings. The van der Waals surface area contributed by atoms with Gasteiger partial charge < -0.3 is 9.80 Å². The number of hydrogen-bond donors (Lipinski definition) is 1. The predicted octanol–water partition coefficient (Wildman–Crippen LogP) is 3.96. The fourth-order valence-electron chi connectivity index (χ4n) is 3.88. The Kier molecular flexibility index (Phi) is 4.52. The molecule has 0 radical (unpaired) electrons. The first kappa shape index (κ1) is 17.9. The average Bonchev–Trinajstić information content (AvgIpc) is 3.38. The third-order valence-electron chi connectivity index (χ3n) is 5.43. The van der Waals surface area contributed by atoms with E-state index in [-0.39, 0.29) is 5.91 Å². The van der Waals surface area contributed by atoms with Gasteiger partial charge in [0.2, 0.25) is 0 Å². The summed E-state index contributed by atoms with van der Waals surface area (Å²) >= 11 is 1.53. The van der Waals surface area contributed by atoms with E-state index in [1.807, 2.05) is 54.3 Å². The van der Waals surface area contributed by atoms with Crippen LogP contribution >= 0.6 is 11.5 Å². The molecule has 7 heteroatoms. The van der Waals surface area contributed by atoms with Gasteiger partial charge in [0, 0.05) is 42.8 Å². The minimum atomic E-state index is 0.0397. The second-order valence-electron chi connectivity index (χ2n) is 7.22. The molecule has 1 fully saturated rings. The van der Waals surface area contributed by atoms with Gasteiger partial charge in [0.15, 0.2) is 0 Å². The highest BCUT2D eigenvalue weighted by Gasteiger charge is 2.28. The van der Waals surface area contributed by atoms with Gasteiger partial charge in [0.1, 0.15) is 11.5 Å². The van der Waals surface area contributed by atoms with Gasteiger partial charge >= 0.3 is 0 Å². The molecule has 0 bridgehead atoms. The molecule has 0 saturated carbocycles. The molecule has 0 aliphatic carbocycles. The summed E-state index contributed by atoms with van der Waals surface area (Å²) in [5.74, 6) is 1.07. The van der Waals surface area contributed by atoms with Gasteiger partial charge in [-0.15, -0.1) is 0 Å². The Morgan fingerprint density at radius 3 is 2.52 bits per heavy atom. The van der Waals surface area contributed by atoms with Crippen LogP contribution in [-0.4, -0.2) is 51.6 Å². The number of hydrogen-bond acceptors (Lipinski definition) is 5. The maximum Gasteiger partial charge on any atom is 0.258 e. The largest absolute Gasteiger partial charge is 0.352 e. The molecular weight excluding hydrogens is 382 g/mol. The highest BCUT2D eigenvalue weighted by atomic mass is 32.1. The Morgan fingerprint density at radius 1 is 1.00 bits per heavy atom. The van der Waals surface area contributed by atoms with Crippen molar-refractivity contribution in [2.24, 2.45) is 0 Å². The number of nitrogens with one attached hydrogen (secondary N) is 1. The third-order valence-corrected chi connectivity index (χ3v) is 6.25. The second-order valence-corrected chi connectivity index (χ2v) is 8.02. The number of fused-ring (bicyclic) bond motifs is 1. The topological polar surface area (TPSA) is 65.1 Å². The monoisotopic (exact) mass is 403 g/mol.